The zero-order valence-electron chi connectivity index (χ0n) is 18.5. The van der Waals surface area contributed by atoms with E-state index in [1.165, 1.54) is 36.2 Å². The number of nitrogens with zero attached hydrogens (tertiary/aromatic N) is 2. The molecule has 2 aromatic rings. The maximum absolute atomic E-state index is 13.2. The maximum Gasteiger partial charge on any atom is 0.242 e. The number of anilines is 1. The fourth-order valence-corrected chi connectivity index (χ4v) is 4.52. The fourth-order valence-electron chi connectivity index (χ4n) is 3.24. The molecule has 0 aromatic heterocycles. The Bertz CT molecular complexity index is 1100. The summed E-state index contributed by atoms with van der Waals surface area (Å²) in [4.78, 5) is 26.7. The highest BCUT2D eigenvalue weighted by Gasteiger charge is 2.26. The molecule has 7 nitrogen and oxygen atoms in total. The molecule has 2 aromatic carbocycles. The Balaban J connectivity index is 2.15. The van der Waals surface area contributed by atoms with E-state index < -0.39 is 21.9 Å². The number of amides is 2. The van der Waals surface area contributed by atoms with Crippen LogP contribution >= 0.6 is 23.2 Å². The van der Waals surface area contributed by atoms with Gasteiger partial charge in [-0.3, -0.25) is 13.9 Å². The molecule has 0 fully saturated rings. The number of sulfonamides is 1. The maximum atomic E-state index is 13.2. The van der Waals surface area contributed by atoms with Crippen LogP contribution in [0.15, 0.2) is 42.5 Å². The Morgan fingerprint density at radius 1 is 1.09 bits per heavy atom. The first-order valence-corrected chi connectivity index (χ1v) is 12.7. The number of benzene rings is 2. The van der Waals surface area contributed by atoms with Gasteiger partial charge in [-0.25, -0.2) is 12.8 Å². The number of likely N-dealkylation sites (N-methyl/N-ethyl adjacent to an activating group) is 1. The highest BCUT2D eigenvalue weighted by atomic mass is 35.5. The van der Waals surface area contributed by atoms with Crippen LogP contribution in [0.4, 0.5) is 10.1 Å². The van der Waals surface area contributed by atoms with E-state index in [0.717, 1.165) is 10.6 Å². The van der Waals surface area contributed by atoms with Gasteiger partial charge in [0.1, 0.15) is 11.9 Å². The minimum atomic E-state index is -3.65. The Kier molecular flexibility index (Phi) is 9.51. The van der Waals surface area contributed by atoms with E-state index in [9.17, 15) is 22.4 Å². The lowest BCUT2D eigenvalue weighted by atomic mass is 10.1. The lowest BCUT2D eigenvalue weighted by molar-refractivity contribution is -0.140. The highest BCUT2D eigenvalue weighted by molar-refractivity contribution is 7.92. The molecular weight excluding hydrogens is 492 g/mol. The minimum absolute atomic E-state index is 0.00410. The van der Waals surface area contributed by atoms with Crippen molar-refractivity contribution in [2.24, 2.45) is 0 Å². The molecule has 0 bridgehead atoms. The lowest BCUT2D eigenvalue weighted by Crippen LogP contribution is -2.46. The molecular formula is C22H26Cl2FN3O4S. The standard InChI is InChI=1S/C22H26Cl2FN3O4S/c1-15(22(30)26-2)27(14-16-6-11-19(23)20(24)13-16)21(29)5-4-12-28(33(3,31)32)18-9-7-17(25)8-10-18/h6-11,13,15H,4-5,12,14H2,1-3H3,(H,26,30)/t15-/m1/s1. The van der Waals surface area contributed by atoms with Crippen molar-refractivity contribution in [2.45, 2.75) is 32.4 Å². The summed E-state index contributed by atoms with van der Waals surface area (Å²) in [5.74, 6) is -1.15. The lowest BCUT2D eigenvalue weighted by Gasteiger charge is -2.29. The van der Waals surface area contributed by atoms with Gasteiger partial charge in [-0.2, -0.15) is 0 Å². The average molecular weight is 518 g/mol. The second kappa shape index (κ2) is 11.7. The van der Waals surface area contributed by atoms with Crippen molar-refractivity contribution in [1.29, 1.82) is 0 Å². The van der Waals surface area contributed by atoms with Crippen LogP contribution in [0.1, 0.15) is 25.3 Å². The number of carbonyl (C=O) groups excluding carboxylic acids is 2. The fraction of sp³-hybridized carbons (Fsp3) is 0.364. The zero-order valence-corrected chi connectivity index (χ0v) is 20.8. The number of hydrogen-bond acceptors (Lipinski definition) is 4. The Morgan fingerprint density at radius 2 is 1.73 bits per heavy atom. The van der Waals surface area contributed by atoms with E-state index in [0.29, 0.717) is 21.3 Å². The van der Waals surface area contributed by atoms with Crippen LogP contribution < -0.4 is 9.62 Å². The third-order valence-electron chi connectivity index (χ3n) is 5.02. The third-order valence-corrected chi connectivity index (χ3v) is 6.95. The monoisotopic (exact) mass is 517 g/mol. The summed E-state index contributed by atoms with van der Waals surface area (Å²) in [6, 6.07) is 9.25. The molecule has 0 heterocycles. The van der Waals surface area contributed by atoms with Crippen molar-refractivity contribution in [3.63, 3.8) is 0 Å². The first kappa shape index (κ1) is 26.9. The quantitative estimate of drug-likeness (QED) is 0.518. The van der Waals surface area contributed by atoms with E-state index >= 15 is 0 Å². The predicted octanol–water partition coefficient (Wildman–Crippen LogP) is 3.84. The first-order chi connectivity index (χ1) is 15.4. The van der Waals surface area contributed by atoms with Gasteiger partial charge < -0.3 is 10.2 Å². The van der Waals surface area contributed by atoms with E-state index in [-0.39, 0.29) is 37.7 Å². The molecule has 180 valence electrons. The summed E-state index contributed by atoms with van der Waals surface area (Å²) in [7, 11) is -2.17. The van der Waals surface area contributed by atoms with Gasteiger partial charge in [0.05, 0.1) is 22.0 Å². The van der Waals surface area contributed by atoms with Crippen LogP contribution in [0.25, 0.3) is 0 Å². The van der Waals surface area contributed by atoms with Crippen molar-refractivity contribution in [1.82, 2.24) is 10.2 Å². The number of rotatable bonds is 10. The minimum Gasteiger partial charge on any atom is -0.357 e. The molecule has 0 aliphatic carbocycles. The van der Waals surface area contributed by atoms with Crippen molar-refractivity contribution < 1.29 is 22.4 Å². The Morgan fingerprint density at radius 3 is 2.27 bits per heavy atom. The van der Waals surface area contributed by atoms with Crippen LogP contribution in [-0.4, -0.2) is 51.0 Å². The molecule has 33 heavy (non-hydrogen) atoms. The van der Waals surface area contributed by atoms with Crippen molar-refractivity contribution in [2.75, 3.05) is 24.2 Å². The van der Waals surface area contributed by atoms with E-state index in [2.05, 4.69) is 5.32 Å². The van der Waals surface area contributed by atoms with E-state index in [1.807, 2.05) is 0 Å². The largest absolute Gasteiger partial charge is 0.357 e. The molecule has 0 unspecified atom stereocenters. The van der Waals surface area contributed by atoms with Crippen molar-refractivity contribution >= 4 is 50.7 Å². The predicted molar refractivity (Wildman–Crippen MR) is 128 cm³/mol. The Labute approximate surface area is 203 Å². The summed E-state index contributed by atoms with van der Waals surface area (Å²) in [6.45, 7) is 1.75. The van der Waals surface area contributed by atoms with Gasteiger partial charge in [-0.05, 0) is 55.3 Å². The van der Waals surface area contributed by atoms with Gasteiger partial charge in [0.2, 0.25) is 21.8 Å². The van der Waals surface area contributed by atoms with Crippen LogP contribution in [-0.2, 0) is 26.2 Å². The second-order valence-electron chi connectivity index (χ2n) is 7.48. The molecule has 0 aliphatic heterocycles. The number of carbonyl (C=O) groups is 2. The summed E-state index contributed by atoms with van der Waals surface area (Å²) in [5, 5.41) is 3.23. The van der Waals surface area contributed by atoms with E-state index in [1.54, 1.807) is 25.1 Å². The average Bonchev–Trinajstić information content (AvgIpc) is 2.76. The van der Waals surface area contributed by atoms with Crippen LogP contribution in [0.3, 0.4) is 0 Å². The normalized spacial score (nSPS) is 12.2. The summed E-state index contributed by atoms with van der Waals surface area (Å²) in [6.07, 6.45) is 1.24. The smallest absolute Gasteiger partial charge is 0.242 e. The molecule has 0 radical (unpaired) electrons. The topological polar surface area (TPSA) is 86.8 Å². The third kappa shape index (κ3) is 7.58. The van der Waals surface area contributed by atoms with Gasteiger partial charge in [0, 0.05) is 26.6 Å². The molecule has 2 amide bonds. The first-order valence-electron chi connectivity index (χ1n) is 10.1. The van der Waals surface area contributed by atoms with Gasteiger partial charge in [0.25, 0.3) is 0 Å². The van der Waals surface area contributed by atoms with Crippen LogP contribution in [0, 0.1) is 5.82 Å². The van der Waals surface area contributed by atoms with Crippen LogP contribution in [0.2, 0.25) is 10.0 Å². The highest BCUT2D eigenvalue weighted by Crippen LogP contribution is 2.24. The van der Waals surface area contributed by atoms with Gasteiger partial charge >= 0.3 is 0 Å². The second-order valence-corrected chi connectivity index (χ2v) is 10.2. The number of hydrogen-bond donors (Lipinski definition) is 1. The molecule has 1 atom stereocenters. The summed E-state index contributed by atoms with van der Waals surface area (Å²) < 4.78 is 38.8. The van der Waals surface area contributed by atoms with Crippen molar-refractivity contribution in [3.05, 3.63) is 63.9 Å². The molecule has 1 N–H and O–H groups in total. The van der Waals surface area contributed by atoms with E-state index in [4.69, 9.17) is 23.2 Å². The molecule has 0 saturated carbocycles. The van der Waals surface area contributed by atoms with Gasteiger partial charge in [0.15, 0.2) is 0 Å². The van der Waals surface area contributed by atoms with Gasteiger partial charge in [-0.15, -0.1) is 0 Å². The SMILES string of the molecule is CNC(=O)[C@@H](C)N(Cc1ccc(Cl)c(Cl)c1)C(=O)CCCN(c1ccc(F)cc1)S(C)(=O)=O. The number of halogens is 3. The molecule has 2 rings (SSSR count). The molecule has 11 heteroatoms. The summed E-state index contributed by atoms with van der Waals surface area (Å²) >= 11 is 12.0. The molecule has 0 spiro atoms. The van der Waals surface area contributed by atoms with Crippen molar-refractivity contribution in [3.8, 4) is 0 Å². The van der Waals surface area contributed by atoms with Gasteiger partial charge in [-0.1, -0.05) is 29.3 Å². The number of nitrogens with one attached hydrogen (secondary N) is 1. The summed E-state index contributed by atoms with van der Waals surface area (Å²) in [5.41, 5.74) is 0.996. The molecule has 0 aliphatic rings. The Hall–Kier alpha value is -2.36. The zero-order chi connectivity index (χ0) is 24.8. The van der Waals surface area contributed by atoms with Crippen LogP contribution in [0.5, 0.6) is 0 Å². The molecule has 0 saturated heterocycles.